The van der Waals surface area contributed by atoms with Gasteiger partial charge in [0.05, 0.1) is 22.5 Å². The average Bonchev–Trinajstić information content (AvgIpc) is 3.33. The summed E-state index contributed by atoms with van der Waals surface area (Å²) in [6.07, 6.45) is -4.90. The van der Waals surface area contributed by atoms with Crippen LogP contribution in [0.1, 0.15) is 15.9 Å². The van der Waals surface area contributed by atoms with Crippen LogP contribution in [0.5, 0.6) is 5.75 Å². The second kappa shape index (κ2) is 10.3. The maximum absolute atomic E-state index is 13.2. The lowest BCUT2D eigenvalue weighted by molar-refractivity contribution is -0.274. The SMILES string of the molecule is NC(=O)C(Cc1ccccc1)NC(=O)c1cccc(OC(F)(F)F)c1-c1cc(-c2ccccc2)n[nH]1. The molecule has 0 aliphatic carbocycles. The number of nitrogens with one attached hydrogen (secondary N) is 2. The lowest BCUT2D eigenvalue weighted by Crippen LogP contribution is -2.46. The van der Waals surface area contributed by atoms with Crippen LogP contribution in [0, 0.1) is 0 Å². The Bertz CT molecular complexity index is 1360. The number of aromatic nitrogens is 2. The van der Waals surface area contributed by atoms with E-state index < -0.39 is 30.0 Å². The molecule has 3 aromatic carbocycles. The number of carbonyl (C=O) groups is 2. The Morgan fingerprint density at radius 2 is 1.64 bits per heavy atom. The normalized spacial score (nSPS) is 12.1. The zero-order chi connectivity index (χ0) is 25.7. The molecule has 0 saturated heterocycles. The van der Waals surface area contributed by atoms with E-state index in [4.69, 9.17) is 5.73 Å². The van der Waals surface area contributed by atoms with Crippen LogP contribution in [-0.4, -0.2) is 34.4 Å². The van der Waals surface area contributed by atoms with Crippen LogP contribution >= 0.6 is 0 Å². The Hall–Kier alpha value is -4.60. The Balaban J connectivity index is 1.72. The quantitative estimate of drug-likeness (QED) is 0.336. The topological polar surface area (TPSA) is 110 Å². The van der Waals surface area contributed by atoms with Gasteiger partial charge in [0.25, 0.3) is 5.91 Å². The number of nitrogens with two attached hydrogens (primary N) is 1. The highest BCUT2D eigenvalue weighted by Gasteiger charge is 2.34. The second-order valence-corrected chi connectivity index (χ2v) is 7.88. The van der Waals surface area contributed by atoms with Crippen molar-refractivity contribution in [2.75, 3.05) is 0 Å². The number of H-pyrrole nitrogens is 1. The highest BCUT2D eigenvalue weighted by molar-refractivity contribution is 6.03. The van der Waals surface area contributed by atoms with Crippen molar-refractivity contribution in [2.24, 2.45) is 5.73 Å². The van der Waals surface area contributed by atoms with E-state index in [9.17, 15) is 22.8 Å². The van der Waals surface area contributed by atoms with Gasteiger partial charge in [-0.15, -0.1) is 13.2 Å². The monoisotopic (exact) mass is 494 g/mol. The molecular formula is C26H21F3N4O3. The van der Waals surface area contributed by atoms with Gasteiger partial charge in [0, 0.05) is 12.0 Å². The number of nitrogens with zero attached hydrogens (tertiary/aromatic N) is 1. The number of rotatable bonds is 8. The smallest absolute Gasteiger partial charge is 0.405 e. The minimum absolute atomic E-state index is 0.109. The molecule has 10 heteroatoms. The van der Waals surface area contributed by atoms with E-state index in [0.717, 1.165) is 17.2 Å². The van der Waals surface area contributed by atoms with E-state index in [1.54, 1.807) is 54.6 Å². The van der Waals surface area contributed by atoms with Crippen molar-refractivity contribution in [3.63, 3.8) is 0 Å². The molecule has 1 unspecified atom stereocenters. The number of hydrogen-bond acceptors (Lipinski definition) is 4. The van der Waals surface area contributed by atoms with Crippen molar-refractivity contribution < 1.29 is 27.5 Å². The minimum atomic E-state index is -5.00. The summed E-state index contributed by atoms with van der Waals surface area (Å²) in [7, 11) is 0. The predicted molar refractivity (Wildman–Crippen MR) is 127 cm³/mol. The fourth-order valence-corrected chi connectivity index (χ4v) is 3.72. The van der Waals surface area contributed by atoms with E-state index in [-0.39, 0.29) is 23.2 Å². The molecule has 0 radical (unpaired) electrons. The van der Waals surface area contributed by atoms with Crippen LogP contribution < -0.4 is 15.8 Å². The summed E-state index contributed by atoms with van der Waals surface area (Å²) >= 11 is 0. The first-order chi connectivity index (χ1) is 17.2. The third kappa shape index (κ3) is 5.90. The van der Waals surface area contributed by atoms with Crippen molar-refractivity contribution >= 4 is 11.8 Å². The van der Waals surface area contributed by atoms with E-state index in [1.807, 2.05) is 6.07 Å². The highest BCUT2D eigenvalue weighted by Crippen LogP contribution is 2.37. The highest BCUT2D eigenvalue weighted by atomic mass is 19.4. The largest absolute Gasteiger partial charge is 0.573 e. The van der Waals surface area contributed by atoms with Crippen LogP contribution in [0.15, 0.2) is 84.9 Å². The van der Waals surface area contributed by atoms with Crippen molar-refractivity contribution in [3.05, 3.63) is 96.1 Å². The first kappa shape index (κ1) is 24.5. The lowest BCUT2D eigenvalue weighted by Gasteiger charge is -2.19. The van der Waals surface area contributed by atoms with Gasteiger partial charge in [0.1, 0.15) is 11.8 Å². The Labute approximate surface area is 204 Å². The number of hydrogen-bond donors (Lipinski definition) is 3. The average molecular weight is 494 g/mol. The number of aromatic amines is 1. The van der Waals surface area contributed by atoms with E-state index >= 15 is 0 Å². The minimum Gasteiger partial charge on any atom is -0.405 e. The summed E-state index contributed by atoms with van der Waals surface area (Å²) in [6, 6.07) is 21.9. The Kier molecular flexibility index (Phi) is 7.05. The third-order valence-electron chi connectivity index (χ3n) is 5.34. The van der Waals surface area contributed by atoms with E-state index in [0.29, 0.717) is 5.69 Å². The number of benzene rings is 3. The van der Waals surface area contributed by atoms with Gasteiger partial charge in [-0.05, 0) is 23.8 Å². The standard InChI is InChI=1S/C26H21F3N4O3/c27-26(28,29)36-22-13-7-12-18(23(22)20-15-19(32-33-20)17-10-5-2-6-11-17)25(35)31-21(24(30)34)14-16-8-3-1-4-9-16/h1-13,15,21H,14H2,(H2,30,34)(H,31,35)(H,32,33). The molecular weight excluding hydrogens is 473 g/mol. The van der Waals surface area contributed by atoms with Gasteiger partial charge in [-0.2, -0.15) is 5.10 Å². The maximum atomic E-state index is 13.2. The van der Waals surface area contributed by atoms with Crippen LogP contribution in [0.4, 0.5) is 13.2 Å². The van der Waals surface area contributed by atoms with Crippen molar-refractivity contribution in [3.8, 4) is 28.3 Å². The molecule has 7 nitrogen and oxygen atoms in total. The first-order valence-electron chi connectivity index (χ1n) is 10.9. The van der Waals surface area contributed by atoms with Crippen molar-refractivity contribution in [1.29, 1.82) is 0 Å². The van der Waals surface area contributed by atoms with Gasteiger partial charge >= 0.3 is 6.36 Å². The fraction of sp³-hybridized carbons (Fsp3) is 0.115. The summed E-state index contributed by atoms with van der Waals surface area (Å²) in [5, 5.41) is 9.40. The van der Waals surface area contributed by atoms with Gasteiger partial charge < -0.3 is 15.8 Å². The molecule has 2 amide bonds. The Morgan fingerprint density at radius 3 is 2.28 bits per heavy atom. The summed E-state index contributed by atoms with van der Waals surface area (Å²) < 4.78 is 43.8. The number of amides is 2. The van der Waals surface area contributed by atoms with Crippen molar-refractivity contribution in [2.45, 2.75) is 18.8 Å². The molecule has 0 aliphatic rings. The molecule has 184 valence electrons. The first-order valence-corrected chi connectivity index (χ1v) is 10.9. The number of halogens is 3. The van der Waals surface area contributed by atoms with Gasteiger partial charge in [-0.3, -0.25) is 14.7 Å². The second-order valence-electron chi connectivity index (χ2n) is 7.88. The van der Waals surface area contributed by atoms with Gasteiger partial charge in [0.2, 0.25) is 5.91 Å². The summed E-state index contributed by atoms with van der Waals surface area (Å²) in [4.78, 5) is 25.3. The van der Waals surface area contributed by atoms with E-state index in [2.05, 4.69) is 20.3 Å². The molecule has 1 heterocycles. The molecule has 0 aliphatic heterocycles. The molecule has 4 rings (SSSR count). The van der Waals surface area contributed by atoms with E-state index in [1.165, 1.54) is 18.2 Å². The predicted octanol–water partition coefficient (Wildman–Crippen LogP) is 4.47. The molecule has 0 saturated carbocycles. The van der Waals surface area contributed by atoms with Gasteiger partial charge in [-0.25, -0.2) is 0 Å². The van der Waals surface area contributed by atoms with Crippen LogP contribution in [0.2, 0.25) is 0 Å². The number of primary amides is 1. The zero-order valence-corrected chi connectivity index (χ0v) is 18.8. The lowest BCUT2D eigenvalue weighted by atomic mass is 10.00. The van der Waals surface area contributed by atoms with Gasteiger partial charge in [-0.1, -0.05) is 66.7 Å². The molecule has 4 N–H and O–H groups in total. The fourth-order valence-electron chi connectivity index (χ4n) is 3.72. The van der Waals surface area contributed by atoms with Crippen LogP contribution in [-0.2, 0) is 11.2 Å². The molecule has 36 heavy (non-hydrogen) atoms. The molecule has 0 spiro atoms. The van der Waals surface area contributed by atoms with Crippen LogP contribution in [0.25, 0.3) is 22.5 Å². The molecule has 1 atom stereocenters. The molecule has 0 fully saturated rings. The number of alkyl halides is 3. The molecule has 1 aromatic heterocycles. The molecule has 4 aromatic rings. The summed E-state index contributed by atoms with van der Waals surface area (Å²) in [6.45, 7) is 0. The maximum Gasteiger partial charge on any atom is 0.573 e. The third-order valence-corrected chi connectivity index (χ3v) is 5.34. The van der Waals surface area contributed by atoms with Crippen molar-refractivity contribution in [1.82, 2.24) is 15.5 Å². The molecule has 0 bridgehead atoms. The number of ether oxygens (including phenoxy) is 1. The summed E-state index contributed by atoms with van der Waals surface area (Å²) in [5.74, 6) is -2.19. The Morgan fingerprint density at radius 1 is 0.972 bits per heavy atom. The number of carbonyl (C=O) groups excluding carboxylic acids is 2. The summed E-state index contributed by atoms with van der Waals surface area (Å²) in [5.41, 5.74) is 7.23. The zero-order valence-electron chi connectivity index (χ0n) is 18.8. The van der Waals surface area contributed by atoms with Gasteiger partial charge in [0.15, 0.2) is 0 Å². The van der Waals surface area contributed by atoms with Crippen LogP contribution in [0.3, 0.4) is 0 Å².